The summed E-state index contributed by atoms with van der Waals surface area (Å²) in [6.07, 6.45) is 5.81. The van der Waals surface area contributed by atoms with E-state index < -0.39 is 5.95 Å². The van der Waals surface area contributed by atoms with E-state index in [9.17, 15) is 4.39 Å². The van der Waals surface area contributed by atoms with Crippen molar-refractivity contribution in [2.24, 2.45) is 0 Å². The Morgan fingerprint density at radius 1 is 1.36 bits per heavy atom. The summed E-state index contributed by atoms with van der Waals surface area (Å²) in [6.45, 7) is 0. The summed E-state index contributed by atoms with van der Waals surface area (Å²) in [4.78, 5) is 7.29. The van der Waals surface area contributed by atoms with Gasteiger partial charge in [0, 0.05) is 6.04 Å². The Morgan fingerprint density at radius 3 is 2.79 bits per heavy atom. The monoisotopic (exact) mass is 196 g/mol. The van der Waals surface area contributed by atoms with Crippen molar-refractivity contribution < 1.29 is 4.39 Å². The van der Waals surface area contributed by atoms with Crippen LogP contribution < -0.4 is 11.1 Å². The maximum Gasteiger partial charge on any atom is 0.241 e. The molecule has 5 heteroatoms. The van der Waals surface area contributed by atoms with Crippen LogP contribution in [0, 0.1) is 5.95 Å². The molecule has 2 rings (SSSR count). The molecule has 0 saturated heterocycles. The topological polar surface area (TPSA) is 63.8 Å². The van der Waals surface area contributed by atoms with E-state index in [4.69, 9.17) is 5.73 Å². The van der Waals surface area contributed by atoms with Gasteiger partial charge in [0.1, 0.15) is 12.0 Å². The van der Waals surface area contributed by atoms with Gasteiger partial charge in [0.2, 0.25) is 5.95 Å². The first kappa shape index (κ1) is 9.18. The molecule has 0 aliphatic heterocycles. The third kappa shape index (κ3) is 1.76. The lowest BCUT2D eigenvalue weighted by Gasteiger charge is -2.13. The summed E-state index contributed by atoms with van der Waals surface area (Å²) in [5.41, 5.74) is 5.51. The largest absolute Gasteiger partial charge is 0.392 e. The molecule has 3 N–H and O–H groups in total. The highest BCUT2D eigenvalue weighted by Gasteiger charge is 2.17. The second kappa shape index (κ2) is 3.77. The van der Waals surface area contributed by atoms with E-state index in [0.29, 0.717) is 11.9 Å². The quantitative estimate of drug-likeness (QED) is 0.704. The molecule has 76 valence electrons. The summed E-state index contributed by atoms with van der Waals surface area (Å²) in [5.74, 6) is -0.232. The van der Waals surface area contributed by atoms with Crippen LogP contribution in [0.5, 0.6) is 0 Å². The fourth-order valence-corrected chi connectivity index (χ4v) is 1.75. The van der Waals surface area contributed by atoms with Crippen molar-refractivity contribution in [1.29, 1.82) is 0 Å². The minimum absolute atomic E-state index is 0.0133. The third-order valence-electron chi connectivity index (χ3n) is 2.53. The van der Waals surface area contributed by atoms with Crippen LogP contribution in [0.3, 0.4) is 0 Å². The Morgan fingerprint density at radius 2 is 2.07 bits per heavy atom. The van der Waals surface area contributed by atoms with Gasteiger partial charge < -0.3 is 11.1 Å². The predicted octanol–water partition coefficient (Wildman–Crippen LogP) is 1.55. The Labute approximate surface area is 81.7 Å². The zero-order valence-electron chi connectivity index (χ0n) is 7.83. The number of aromatic nitrogens is 2. The number of nitrogens with one attached hydrogen (secondary N) is 1. The molecule has 0 amide bonds. The fraction of sp³-hybridized carbons (Fsp3) is 0.556. The van der Waals surface area contributed by atoms with Crippen molar-refractivity contribution in [2.45, 2.75) is 31.7 Å². The summed E-state index contributed by atoms with van der Waals surface area (Å²) in [7, 11) is 0. The molecule has 14 heavy (non-hydrogen) atoms. The molecular weight excluding hydrogens is 183 g/mol. The van der Waals surface area contributed by atoms with Gasteiger partial charge in [-0.1, -0.05) is 12.8 Å². The van der Waals surface area contributed by atoms with Crippen molar-refractivity contribution in [2.75, 3.05) is 11.1 Å². The van der Waals surface area contributed by atoms with E-state index in [1.807, 2.05) is 0 Å². The van der Waals surface area contributed by atoms with Crippen LogP contribution in [0.2, 0.25) is 0 Å². The van der Waals surface area contributed by atoms with Gasteiger partial charge in [-0.15, -0.1) is 0 Å². The number of nitrogens with two attached hydrogens (primary N) is 1. The molecule has 1 fully saturated rings. The number of rotatable bonds is 2. The maximum absolute atomic E-state index is 12.9. The Bertz CT molecular complexity index is 323. The van der Waals surface area contributed by atoms with E-state index in [0.717, 1.165) is 12.8 Å². The van der Waals surface area contributed by atoms with Gasteiger partial charge in [-0.05, 0) is 12.8 Å². The highest BCUT2D eigenvalue weighted by atomic mass is 19.1. The van der Waals surface area contributed by atoms with E-state index in [1.165, 1.54) is 19.2 Å². The summed E-state index contributed by atoms with van der Waals surface area (Å²) >= 11 is 0. The summed E-state index contributed by atoms with van der Waals surface area (Å²) in [5, 5.41) is 3.13. The Hall–Kier alpha value is -1.39. The van der Waals surface area contributed by atoms with Gasteiger partial charge in [0.05, 0.1) is 0 Å². The first-order chi connectivity index (χ1) is 6.77. The lowest BCUT2D eigenvalue weighted by atomic mass is 10.2. The van der Waals surface area contributed by atoms with E-state index in [-0.39, 0.29) is 5.69 Å². The molecule has 0 atom stereocenters. The standard InChI is InChI=1S/C9H13FN4/c10-8-7(11)9(13-5-12-8)14-6-3-1-2-4-6/h5-6H,1-4,11H2,(H,12,13,14). The van der Waals surface area contributed by atoms with Crippen molar-refractivity contribution in [3.8, 4) is 0 Å². The number of nitrogen functional groups attached to an aromatic ring is 1. The first-order valence-electron chi connectivity index (χ1n) is 4.80. The van der Waals surface area contributed by atoms with Gasteiger partial charge in [-0.3, -0.25) is 0 Å². The van der Waals surface area contributed by atoms with E-state index in [1.54, 1.807) is 0 Å². The third-order valence-corrected chi connectivity index (χ3v) is 2.53. The van der Waals surface area contributed by atoms with Crippen LogP contribution >= 0.6 is 0 Å². The molecule has 1 saturated carbocycles. The highest BCUT2D eigenvalue weighted by molar-refractivity contribution is 5.60. The fourth-order valence-electron chi connectivity index (χ4n) is 1.75. The number of hydrogen-bond donors (Lipinski definition) is 2. The van der Waals surface area contributed by atoms with Crippen LogP contribution in [-0.2, 0) is 0 Å². The van der Waals surface area contributed by atoms with Crippen molar-refractivity contribution >= 4 is 11.5 Å². The summed E-state index contributed by atoms with van der Waals surface area (Å²) < 4.78 is 12.9. The smallest absolute Gasteiger partial charge is 0.241 e. The Kier molecular flexibility index (Phi) is 2.47. The molecular formula is C9H13FN4. The first-order valence-corrected chi connectivity index (χ1v) is 4.80. The molecule has 1 heterocycles. The minimum Gasteiger partial charge on any atom is -0.392 e. The molecule has 0 aromatic carbocycles. The van der Waals surface area contributed by atoms with Crippen LogP contribution in [0.25, 0.3) is 0 Å². The molecule has 0 bridgehead atoms. The normalized spacial score (nSPS) is 17.2. The van der Waals surface area contributed by atoms with Gasteiger partial charge in [-0.2, -0.15) is 4.39 Å². The molecule has 1 aromatic heterocycles. The Balaban J connectivity index is 2.11. The maximum atomic E-state index is 12.9. The molecule has 4 nitrogen and oxygen atoms in total. The molecule has 1 aliphatic carbocycles. The SMILES string of the molecule is Nc1c(F)ncnc1NC1CCCC1. The van der Waals surface area contributed by atoms with Crippen LogP contribution in [0.15, 0.2) is 6.33 Å². The average Bonchev–Trinajstić information content (AvgIpc) is 2.66. The number of halogens is 1. The highest BCUT2D eigenvalue weighted by Crippen LogP contribution is 2.24. The van der Waals surface area contributed by atoms with E-state index in [2.05, 4.69) is 15.3 Å². The van der Waals surface area contributed by atoms with Gasteiger partial charge in [0.25, 0.3) is 0 Å². The van der Waals surface area contributed by atoms with Crippen molar-refractivity contribution in [3.63, 3.8) is 0 Å². The second-order valence-electron chi connectivity index (χ2n) is 3.55. The minimum atomic E-state index is -0.652. The van der Waals surface area contributed by atoms with Crippen LogP contribution in [0.4, 0.5) is 15.9 Å². The zero-order chi connectivity index (χ0) is 9.97. The summed E-state index contributed by atoms with van der Waals surface area (Å²) in [6, 6.07) is 0.381. The van der Waals surface area contributed by atoms with Crippen LogP contribution in [0.1, 0.15) is 25.7 Å². The molecule has 0 spiro atoms. The second-order valence-corrected chi connectivity index (χ2v) is 3.55. The number of hydrogen-bond acceptors (Lipinski definition) is 4. The predicted molar refractivity (Wildman–Crippen MR) is 52.3 cm³/mol. The van der Waals surface area contributed by atoms with Gasteiger partial charge in [-0.25, -0.2) is 9.97 Å². The van der Waals surface area contributed by atoms with E-state index >= 15 is 0 Å². The number of anilines is 2. The van der Waals surface area contributed by atoms with Crippen molar-refractivity contribution in [3.05, 3.63) is 12.3 Å². The van der Waals surface area contributed by atoms with Gasteiger partial charge >= 0.3 is 0 Å². The molecule has 1 aromatic rings. The molecule has 1 aliphatic rings. The number of nitrogens with zero attached hydrogens (tertiary/aromatic N) is 2. The zero-order valence-corrected chi connectivity index (χ0v) is 7.83. The lowest BCUT2D eigenvalue weighted by Crippen LogP contribution is -2.17. The molecule has 0 unspecified atom stereocenters. The van der Waals surface area contributed by atoms with Gasteiger partial charge in [0.15, 0.2) is 5.82 Å². The lowest BCUT2D eigenvalue weighted by molar-refractivity contribution is 0.584. The van der Waals surface area contributed by atoms with Crippen LogP contribution in [-0.4, -0.2) is 16.0 Å². The average molecular weight is 196 g/mol. The molecule has 0 radical (unpaired) electrons. The van der Waals surface area contributed by atoms with Crippen molar-refractivity contribution in [1.82, 2.24) is 9.97 Å².